The van der Waals surface area contributed by atoms with E-state index in [1.807, 2.05) is 6.92 Å². The van der Waals surface area contributed by atoms with Gasteiger partial charge in [-0.25, -0.2) is 4.79 Å². The number of carbonyl (C=O) groups is 2. The number of hydrogen-bond acceptors (Lipinski definition) is 3. The molecule has 0 amide bonds. The standard InChI is InChI=1S/C10H17BrO4/c1-4-5-6-10(11,8(12)13)9(14)15-7(2)3/h7H,4-6H2,1-3H3,(H,12,13). The zero-order valence-electron chi connectivity index (χ0n) is 9.25. The first kappa shape index (κ1) is 14.4. The van der Waals surface area contributed by atoms with Crippen molar-refractivity contribution in [2.75, 3.05) is 0 Å². The number of aliphatic carboxylic acids is 1. The Hall–Kier alpha value is -0.580. The van der Waals surface area contributed by atoms with E-state index in [0.29, 0.717) is 6.42 Å². The summed E-state index contributed by atoms with van der Waals surface area (Å²) >= 11 is 2.97. The number of carboxylic acid groups (broad SMARTS) is 1. The van der Waals surface area contributed by atoms with E-state index in [1.54, 1.807) is 13.8 Å². The maximum Gasteiger partial charge on any atom is 0.334 e. The van der Waals surface area contributed by atoms with Gasteiger partial charge in [0.2, 0.25) is 4.32 Å². The second-order valence-electron chi connectivity index (χ2n) is 3.66. The van der Waals surface area contributed by atoms with Gasteiger partial charge in [-0.1, -0.05) is 35.7 Å². The summed E-state index contributed by atoms with van der Waals surface area (Å²) in [7, 11) is 0. The molecule has 5 heteroatoms. The highest BCUT2D eigenvalue weighted by Crippen LogP contribution is 2.27. The summed E-state index contributed by atoms with van der Waals surface area (Å²) in [5, 5.41) is 8.99. The number of carboxylic acids is 1. The van der Waals surface area contributed by atoms with Gasteiger partial charge in [0.05, 0.1) is 6.10 Å². The van der Waals surface area contributed by atoms with Gasteiger partial charge in [0.15, 0.2) is 0 Å². The molecule has 15 heavy (non-hydrogen) atoms. The SMILES string of the molecule is CCCCC(Br)(C(=O)O)C(=O)OC(C)C. The number of esters is 1. The van der Waals surface area contributed by atoms with Gasteiger partial charge in [0, 0.05) is 0 Å². The second-order valence-corrected chi connectivity index (χ2v) is 5.02. The second kappa shape index (κ2) is 6.10. The largest absolute Gasteiger partial charge is 0.480 e. The topological polar surface area (TPSA) is 63.6 Å². The molecular formula is C10H17BrO4. The normalized spacial score (nSPS) is 14.7. The quantitative estimate of drug-likeness (QED) is 0.461. The zero-order valence-corrected chi connectivity index (χ0v) is 10.8. The molecule has 0 heterocycles. The molecule has 0 radical (unpaired) electrons. The van der Waals surface area contributed by atoms with Crippen molar-refractivity contribution in [3.8, 4) is 0 Å². The van der Waals surface area contributed by atoms with Crippen LogP contribution in [0, 0.1) is 0 Å². The molecule has 0 aliphatic carbocycles. The Morgan fingerprint density at radius 1 is 1.47 bits per heavy atom. The third kappa shape index (κ3) is 4.20. The number of ether oxygens (including phenoxy) is 1. The third-order valence-corrected chi connectivity index (χ3v) is 2.94. The highest BCUT2D eigenvalue weighted by molar-refractivity contribution is 9.10. The lowest BCUT2D eigenvalue weighted by molar-refractivity contribution is -0.158. The minimum absolute atomic E-state index is 0.240. The average molecular weight is 281 g/mol. The van der Waals surface area contributed by atoms with Gasteiger partial charge in [0.25, 0.3) is 0 Å². The molecule has 0 aromatic rings. The summed E-state index contributed by atoms with van der Waals surface area (Å²) in [5.41, 5.74) is 0. The zero-order chi connectivity index (χ0) is 12.1. The van der Waals surface area contributed by atoms with Crippen molar-refractivity contribution in [3.05, 3.63) is 0 Å². The molecule has 0 aliphatic rings. The van der Waals surface area contributed by atoms with Gasteiger partial charge >= 0.3 is 11.9 Å². The molecule has 0 bridgehead atoms. The van der Waals surface area contributed by atoms with Crippen LogP contribution in [0.1, 0.15) is 40.0 Å². The van der Waals surface area contributed by atoms with Gasteiger partial charge in [0.1, 0.15) is 0 Å². The summed E-state index contributed by atoms with van der Waals surface area (Å²) < 4.78 is 3.32. The van der Waals surface area contributed by atoms with Crippen molar-refractivity contribution in [3.63, 3.8) is 0 Å². The minimum atomic E-state index is -1.59. The van der Waals surface area contributed by atoms with Crippen molar-refractivity contribution in [2.45, 2.75) is 50.5 Å². The predicted molar refractivity (Wildman–Crippen MR) is 60.0 cm³/mol. The van der Waals surface area contributed by atoms with E-state index in [2.05, 4.69) is 15.9 Å². The molecule has 0 rings (SSSR count). The van der Waals surface area contributed by atoms with E-state index < -0.39 is 16.3 Å². The smallest absolute Gasteiger partial charge is 0.334 e. The van der Waals surface area contributed by atoms with Crippen LogP contribution in [0.15, 0.2) is 0 Å². The van der Waals surface area contributed by atoms with Crippen molar-refractivity contribution in [1.29, 1.82) is 0 Å². The van der Waals surface area contributed by atoms with E-state index in [4.69, 9.17) is 9.84 Å². The fraction of sp³-hybridized carbons (Fsp3) is 0.800. The Labute approximate surface area is 98.1 Å². The summed E-state index contributed by atoms with van der Waals surface area (Å²) in [6, 6.07) is 0. The number of rotatable bonds is 6. The fourth-order valence-electron chi connectivity index (χ4n) is 1.02. The molecule has 88 valence electrons. The molecule has 0 aromatic heterocycles. The Bertz CT molecular complexity index is 240. The first-order valence-corrected chi connectivity index (χ1v) is 5.77. The lowest BCUT2D eigenvalue weighted by Crippen LogP contribution is -2.42. The highest BCUT2D eigenvalue weighted by Gasteiger charge is 2.45. The first-order chi connectivity index (χ1) is 6.84. The van der Waals surface area contributed by atoms with Crippen LogP contribution >= 0.6 is 15.9 Å². The molecule has 0 saturated carbocycles. The maximum absolute atomic E-state index is 11.6. The van der Waals surface area contributed by atoms with Crippen LogP contribution in [0.25, 0.3) is 0 Å². The van der Waals surface area contributed by atoms with Crippen LogP contribution in [0.5, 0.6) is 0 Å². The summed E-state index contributed by atoms with van der Waals surface area (Å²) in [4.78, 5) is 22.6. The molecule has 0 fully saturated rings. The highest BCUT2D eigenvalue weighted by atomic mass is 79.9. The van der Waals surface area contributed by atoms with E-state index in [9.17, 15) is 9.59 Å². The molecule has 0 aromatic carbocycles. The van der Waals surface area contributed by atoms with Crippen molar-refractivity contribution >= 4 is 27.9 Å². The molecule has 0 spiro atoms. The van der Waals surface area contributed by atoms with Crippen LogP contribution in [-0.2, 0) is 14.3 Å². The van der Waals surface area contributed by atoms with Crippen molar-refractivity contribution < 1.29 is 19.4 Å². The van der Waals surface area contributed by atoms with E-state index in [0.717, 1.165) is 6.42 Å². The predicted octanol–water partition coefficient (Wildman–Crippen LogP) is 2.35. The molecule has 1 unspecified atom stereocenters. The van der Waals surface area contributed by atoms with Gasteiger partial charge in [-0.3, -0.25) is 4.79 Å². The fourth-order valence-corrected chi connectivity index (χ4v) is 1.40. The Morgan fingerprint density at radius 2 is 2.00 bits per heavy atom. The molecule has 1 N–H and O–H groups in total. The Kier molecular flexibility index (Phi) is 5.87. The van der Waals surface area contributed by atoms with Crippen LogP contribution in [-0.4, -0.2) is 27.5 Å². The number of unbranched alkanes of at least 4 members (excludes halogenated alkanes) is 1. The monoisotopic (exact) mass is 280 g/mol. The van der Waals surface area contributed by atoms with Gasteiger partial charge in [-0.15, -0.1) is 0 Å². The lowest BCUT2D eigenvalue weighted by Gasteiger charge is -2.21. The number of alkyl halides is 1. The Morgan fingerprint density at radius 3 is 2.33 bits per heavy atom. The van der Waals surface area contributed by atoms with E-state index in [-0.39, 0.29) is 12.5 Å². The summed E-state index contributed by atoms with van der Waals surface area (Å²) in [6.07, 6.45) is 1.42. The van der Waals surface area contributed by atoms with E-state index in [1.165, 1.54) is 0 Å². The maximum atomic E-state index is 11.6. The van der Waals surface area contributed by atoms with Crippen molar-refractivity contribution in [1.82, 2.24) is 0 Å². The summed E-state index contributed by atoms with van der Waals surface area (Å²) in [5.74, 6) is -1.92. The first-order valence-electron chi connectivity index (χ1n) is 4.98. The van der Waals surface area contributed by atoms with Crippen LogP contribution in [0.2, 0.25) is 0 Å². The van der Waals surface area contributed by atoms with Gasteiger partial charge in [-0.2, -0.15) is 0 Å². The van der Waals surface area contributed by atoms with Crippen LogP contribution < -0.4 is 0 Å². The number of halogens is 1. The lowest BCUT2D eigenvalue weighted by atomic mass is 10.0. The third-order valence-electron chi connectivity index (χ3n) is 1.88. The molecule has 0 aliphatic heterocycles. The van der Waals surface area contributed by atoms with Crippen LogP contribution in [0.4, 0.5) is 0 Å². The summed E-state index contributed by atoms with van der Waals surface area (Å²) in [6.45, 7) is 5.31. The number of hydrogen-bond donors (Lipinski definition) is 1. The molecule has 1 atom stereocenters. The van der Waals surface area contributed by atoms with Gasteiger partial charge < -0.3 is 9.84 Å². The minimum Gasteiger partial charge on any atom is -0.480 e. The van der Waals surface area contributed by atoms with Gasteiger partial charge in [-0.05, 0) is 20.3 Å². The number of carbonyl (C=O) groups excluding carboxylic acids is 1. The van der Waals surface area contributed by atoms with Crippen molar-refractivity contribution in [2.24, 2.45) is 0 Å². The van der Waals surface area contributed by atoms with Crippen LogP contribution in [0.3, 0.4) is 0 Å². The molecular weight excluding hydrogens is 264 g/mol. The average Bonchev–Trinajstić information content (AvgIpc) is 2.12. The molecule has 4 nitrogen and oxygen atoms in total. The Balaban J connectivity index is 4.62. The van der Waals surface area contributed by atoms with E-state index >= 15 is 0 Å². The molecule has 0 saturated heterocycles.